The second-order valence-electron chi connectivity index (χ2n) is 3.98. The van der Waals surface area contributed by atoms with Crippen molar-refractivity contribution in [2.75, 3.05) is 6.26 Å². The van der Waals surface area contributed by atoms with Crippen molar-refractivity contribution in [3.63, 3.8) is 0 Å². The van der Waals surface area contributed by atoms with Gasteiger partial charge < -0.3 is 0 Å². The lowest BCUT2D eigenvalue weighted by atomic mass is 10.2. The SMILES string of the molecule is CCCCC[n+]1ccccc1C.CS(=O)(=O)O. The summed E-state index contributed by atoms with van der Waals surface area (Å²) < 4.78 is 28.2. The molecule has 0 fully saturated rings. The van der Waals surface area contributed by atoms with Gasteiger partial charge in [-0.1, -0.05) is 19.4 Å². The van der Waals surface area contributed by atoms with Crippen molar-refractivity contribution >= 4 is 10.1 Å². The van der Waals surface area contributed by atoms with Crippen molar-refractivity contribution in [3.05, 3.63) is 30.1 Å². The summed E-state index contributed by atoms with van der Waals surface area (Å²) >= 11 is 0. The van der Waals surface area contributed by atoms with Crippen molar-refractivity contribution in [3.8, 4) is 0 Å². The average Bonchev–Trinajstić information content (AvgIpc) is 2.19. The van der Waals surface area contributed by atoms with E-state index in [9.17, 15) is 8.42 Å². The van der Waals surface area contributed by atoms with Gasteiger partial charge in [0.15, 0.2) is 11.9 Å². The van der Waals surface area contributed by atoms with Crippen LogP contribution in [0.3, 0.4) is 0 Å². The van der Waals surface area contributed by atoms with E-state index in [1.54, 1.807) is 0 Å². The molecule has 1 heterocycles. The fraction of sp³-hybridized carbons (Fsp3) is 0.583. The van der Waals surface area contributed by atoms with Crippen molar-refractivity contribution < 1.29 is 17.5 Å². The Labute approximate surface area is 104 Å². The predicted octanol–water partition coefficient (Wildman–Crippen LogP) is 1.98. The lowest BCUT2D eigenvalue weighted by molar-refractivity contribution is -0.703. The summed E-state index contributed by atoms with van der Waals surface area (Å²) in [6, 6.07) is 6.34. The molecule has 0 amide bonds. The fourth-order valence-electron chi connectivity index (χ4n) is 1.34. The molecule has 0 bridgehead atoms. The average molecular weight is 260 g/mol. The quantitative estimate of drug-likeness (QED) is 0.511. The second kappa shape index (κ2) is 8.20. The molecule has 4 nitrogen and oxygen atoms in total. The van der Waals surface area contributed by atoms with Crippen LogP contribution >= 0.6 is 0 Å². The van der Waals surface area contributed by atoms with Crippen LogP contribution in [0, 0.1) is 6.92 Å². The predicted molar refractivity (Wildman–Crippen MR) is 68.4 cm³/mol. The molecule has 1 aromatic rings. The number of aryl methyl sites for hydroxylation is 2. The number of nitrogens with zero attached hydrogens (tertiary/aromatic N) is 1. The molecule has 0 saturated carbocycles. The first kappa shape index (κ1) is 16.1. The zero-order valence-corrected chi connectivity index (χ0v) is 11.6. The zero-order valence-electron chi connectivity index (χ0n) is 10.8. The fourth-order valence-corrected chi connectivity index (χ4v) is 1.34. The summed E-state index contributed by atoms with van der Waals surface area (Å²) in [5, 5.41) is 0. The van der Waals surface area contributed by atoms with Crippen molar-refractivity contribution in [1.29, 1.82) is 0 Å². The van der Waals surface area contributed by atoms with Crippen LogP contribution in [0.1, 0.15) is 31.9 Å². The van der Waals surface area contributed by atoms with Gasteiger partial charge in [0.1, 0.15) is 6.54 Å². The number of hydrogen-bond acceptors (Lipinski definition) is 2. The molecular formula is C12H22NO3S+. The van der Waals surface area contributed by atoms with Crippen LogP contribution in [-0.4, -0.2) is 19.2 Å². The van der Waals surface area contributed by atoms with E-state index in [0.717, 1.165) is 0 Å². The molecular weight excluding hydrogens is 238 g/mol. The Morgan fingerprint density at radius 2 is 1.88 bits per heavy atom. The van der Waals surface area contributed by atoms with Crippen LogP contribution in [0.25, 0.3) is 0 Å². The molecule has 17 heavy (non-hydrogen) atoms. The third-order valence-electron chi connectivity index (χ3n) is 2.17. The summed E-state index contributed by atoms with van der Waals surface area (Å²) in [5.74, 6) is 0. The molecule has 0 aliphatic rings. The van der Waals surface area contributed by atoms with E-state index < -0.39 is 10.1 Å². The first-order valence-electron chi connectivity index (χ1n) is 5.72. The summed E-state index contributed by atoms with van der Waals surface area (Å²) in [4.78, 5) is 0. The molecule has 0 spiro atoms. The molecule has 1 N–H and O–H groups in total. The highest BCUT2D eigenvalue weighted by Gasteiger charge is 2.01. The molecule has 98 valence electrons. The topological polar surface area (TPSA) is 58.2 Å². The lowest BCUT2D eigenvalue weighted by Gasteiger charge is -1.98. The van der Waals surface area contributed by atoms with Crippen molar-refractivity contribution in [2.45, 2.75) is 39.7 Å². The smallest absolute Gasteiger partial charge is 0.261 e. The first-order chi connectivity index (χ1) is 7.84. The zero-order chi connectivity index (χ0) is 13.3. The second-order valence-corrected chi connectivity index (χ2v) is 5.44. The summed E-state index contributed by atoms with van der Waals surface area (Å²) in [6.07, 6.45) is 6.80. The molecule has 0 unspecified atom stereocenters. The van der Waals surface area contributed by atoms with E-state index in [-0.39, 0.29) is 0 Å². The van der Waals surface area contributed by atoms with Gasteiger partial charge in [0.2, 0.25) is 0 Å². The van der Waals surface area contributed by atoms with Gasteiger partial charge >= 0.3 is 0 Å². The van der Waals surface area contributed by atoms with E-state index in [2.05, 4.69) is 42.8 Å². The Morgan fingerprint density at radius 3 is 2.35 bits per heavy atom. The minimum Gasteiger partial charge on any atom is -0.286 e. The molecule has 0 aliphatic carbocycles. The van der Waals surface area contributed by atoms with E-state index in [1.165, 1.54) is 31.5 Å². The Hall–Kier alpha value is -0.940. The number of rotatable bonds is 4. The Morgan fingerprint density at radius 1 is 1.29 bits per heavy atom. The van der Waals surface area contributed by atoms with Gasteiger partial charge in [-0.3, -0.25) is 4.55 Å². The maximum atomic E-state index is 9.19. The molecule has 5 heteroatoms. The summed E-state index contributed by atoms with van der Waals surface area (Å²) in [7, 11) is -3.67. The van der Waals surface area contributed by atoms with Gasteiger partial charge in [-0.05, 0) is 6.42 Å². The van der Waals surface area contributed by atoms with Crippen LogP contribution in [0.2, 0.25) is 0 Å². The Balaban J connectivity index is 0.000000437. The van der Waals surface area contributed by atoms with Gasteiger partial charge in [0, 0.05) is 25.5 Å². The van der Waals surface area contributed by atoms with Crippen molar-refractivity contribution in [1.82, 2.24) is 0 Å². The van der Waals surface area contributed by atoms with E-state index in [0.29, 0.717) is 6.26 Å². The van der Waals surface area contributed by atoms with E-state index >= 15 is 0 Å². The minimum absolute atomic E-state index is 0.715. The number of unbranched alkanes of at least 4 members (excludes halogenated alkanes) is 2. The molecule has 0 saturated heterocycles. The maximum Gasteiger partial charge on any atom is 0.261 e. The monoisotopic (exact) mass is 260 g/mol. The normalized spacial score (nSPS) is 10.6. The van der Waals surface area contributed by atoms with Crippen LogP contribution in [0.4, 0.5) is 0 Å². The highest BCUT2D eigenvalue weighted by Crippen LogP contribution is 1.95. The lowest BCUT2D eigenvalue weighted by Crippen LogP contribution is -2.36. The van der Waals surface area contributed by atoms with Crippen LogP contribution < -0.4 is 4.57 Å². The third-order valence-corrected chi connectivity index (χ3v) is 2.17. The van der Waals surface area contributed by atoms with E-state index in [1.807, 2.05) is 0 Å². The standard InChI is InChI=1S/C11H18N.CH4O3S/c1-3-4-6-9-12-10-7-5-8-11(12)2;1-5(2,3)4/h5,7-8,10H,3-4,6,9H2,1-2H3;1H3,(H,2,3,4)/q+1;. The van der Waals surface area contributed by atoms with Gasteiger partial charge in [-0.15, -0.1) is 0 Å². The molecule has 1 aromatic heterocycles. The number of pyridine rings is 1. The van der Waals surface area contributed by atoms with Crippen LogP contribution in [-0.2, 0) is 16.7 Å². The third kappa shape index (κ3) is 11.3. The van der Waals surface area contributed by atoms with Gasteiger partial charge in [0.05, 0.1) is 6.26 Å². The van der Waals surface area contributed by atoms with Gasteiger partial charge in [-0.25, -0.2) is 4.57 Å². The molecule has 0 aromatic carbocycles. The summed E-state index contributed by atoms with van der Waals surface area (Å²) in [6.45, 7) is 5.56. The van der Waals surface area contributed by atoms with Crippen LogP contribution in [0.15, 0.2) is 24.4 Å². The number of aromatic nitrogens is 1. The molecule has 1 rings (SSSR count). The maximum absolute atomic E-state index is 9.19. The Bertz CT molecular complexity index is 408. The van der Waals surface area contributed by atoms with Gasteiger partial charge in [0.25, 0.3) is 10.1 Å². The summed E-state index contributed by atoms with van der Waals surface area (Å²) in [5.41, 5.74) is 1.36. The molecule has 0 radical (unpaired) electrons. The Kier molecular flexibility index (Phi) is 7.74. The van der Waals surface area contributed by atoms with Crippen LogP contribution in [0.5, 0.6) is 0 Å². The van der Waals surface area contributed by atoms with E-state index in [4.69, 9.17) is 4.55 Å². The largest absolute Gasteiger partial charge is 0.286 e. The first-order valence-corrected chi connectivity index (χ1v) is 7.57. The highest BCUT2D eigenvalue weighted by atomic mass is 32.2. The highest BCUT2D eigenvalue weighted by molar-refractivity contribution is 7.85. The number of hydrogen-bond donors (Lipinski definition) is 1. The molecule has 0 aliphatic heterocycles. The van der Waals surface area contributed by atoms with Crippen molar-refractivity contribution in [2.24, 2.45) is 0 Å². The minimum atomic E-state index is -3.67. The molecule has 0 atom stereocenters. The van der Waals surface area contributed by atoms with Gasteiger partial charge in [-0.2, -0.15) is 8.42 Å².